The molecule has 0 radical (unpaired) electrons. The third kappa shape index (κ3) is 4.85. The zero-order valence-electron chi connectivity index (χ0n) is 11.9. The zero-order valence-corrected chi connectivity index (χ0v) is 13.5. The molecule has 1 aromatic carbocycles. The summed E-state index contributed by atoms with van der Waals surface area (Å²) >= 11 is 5.90. The van der Waals surface area contributed by atoms with Gasteiger partial charge in [-0.1, -0.05) is 18.5 Å². The number of sulfonamides is 1. The van der Waals surface area contributed by atoms with Gasteiger partial charge in [-0.2, -0.15) is 0 Å². The van der Waals surface area contributed by atoms with Gasteiger partial charge in [0.1, 0.15) is 5.75 Å². The van der Waals surface area contributed by atoms with Crippen LogP contribution in [-0.2, 0) is 10.0 Å². The van der Waals surface area contributed by atoms with Gasteiger partial charge in [0, 0.05) is 12.6 Å². The molecular weight excluding hydrogens is 300 g/mol. The van der Waals surface area contributed by atoms with Crippen LogP contribution in [0.1, 0.15) is 20.3 Å². The van der Waals surface area contributed by atoms with E-state index in [4.69, 9.17) is 16.3 Å². The Morgan fingerprint density at radius 1 is 1.40 bits per heavy atom. The highest BCUT2D eigenvalue weighted by Gasteiger charge is 2.20. The Bertz CT molecular complexity index is 534. The molecule has 1 atom stereocenters. The van der Waals surface area contributed by atoms with Crippen LogP contribution in [0.25, 0.3) is 0 Å². The van der Waals surface area contributed by atoms with E-state index in [1.54, 1.807) is 25.1 Å². The van der Waals surface area contributed by atoms with Crippen LogP contribution in [-0.4, -0.2) is 33.9 Å². The first-order valence-electron chi connectivity index (χ1n) is 6.46. The highest BCUT2D eigenvalue weighted by Crippen LogP contribution is 2.28. The monoisotopic (exact) mass is 320 g/mol. The fraction of sp³-hybridized carbons (Fsp3) is 0.538. The number of benzene rings is 1. The van der Waals surface area contributed by atoms with E-state index in [-0.39, 0.29) is 0 Å². The molecule has 0 aromatic heterocycles. The van der Waals surface area contributed by atoms with E-state index in [0.29, 0.717) is 23.0 Å². The van der Waals surface area contributed by atoms with Crippen molar-refractivity contribution in [1.29, 1.82) is 0 Å². The number of methoxy groups -OCH3 is 1. The smallest absolute Gasteiger partial charge is 0.236 e. The molecule has 1 rings (SSSR count). The largest absolute Gasteiger partial charge is 0.495 e. The van der Waals surface area contributed by atoms with Crippen LogP contribution in [0.4, 0.5) is 5.69 Å². The van der Waals surface area contributed by atoms with Crippen molar-refractivity contribution >= 4 is 27.3 Å². The summed E-state index contributed by atoms with van der Waals surface area (Å²) in [4.78, 5) is 0. The summed E-state index contributed by atoms with van der Waals surface area (Å²) in [6.07, 6.45) is 0.967. The molecule has 0 aliphatic carbocycles. The molecule has 0 heterocycles. The van der Waals surface area contributed by atoms with Gasteiger partial charge in [0.05, 0.1) is 23.1 Å². The summed E-state index contributed by atoms with van der Waals surface area (Å²) in [6, 6.07) is 4.76. The Labute approximate surface area is 125 Å². The van der Waals surface area contributed by atoms with Crippen molar-refractivity contribution < 1.29 is 13.2 Å². The molecular formula is C13H21ClN2O3S. The third-order valence-electron chi connectivity index (χ3n) is 2.80. The average molecular weight is 321 g/mol. The normalized spacial score (nSPS) is 13.0. The highest BCUT2D eigenvalue weighted by molar-refractivity contribution is 7.93. The molecule has 20 heavy (non-hydrogen) atoms. The van der Waals surface area contributed by atoms with Gasteiger partial charge in [-0.25, -0.2) is 8.42 Å². The van der Waals surface area contributed by atoms with Crippen molar-refractivity contribution in [3.05, 3.63) is 23.2 Å². The Kier molecular flexibility index (Phi) is 6.58. The minimum absolute atomic E-state index is 0.411. The van der Waals surface area contributed by atoms with Crippen molar-refractivity contribution in [2.24, 2.45) is 0 Å². The lowest BCUT2D eigenvalue weighted by Gasteiger charge is -2.16. The van der Waals surface area contributed by atoms with Crippen LogP contribution < -0.4 is 14.8 Å². The molecule has 0 bridgehead atoms. The molecule has 5 nitrogen and oxygen atoms in total. The van der Waals surface area contributed by atoms with E-state index >= 15 is 0 Å². The number of hydrogen-bond donors (Lipinski definition) is 2. The molecule has 0 amide bonds. The lowest BCUT2D eigenvalue weighted by Crippen LogP contribution is -2.35. The van der Waals surface area contributed by atoms with Crippen molar-refractivity contribution in [2.45, 2.75) is 25.5 Å². The van der Waals surface area contributed by atoms with Crippen molar-refractivity contribution in [3.63, 3.8) is 0 Å². The first-order valence-corrected chi connectivity index (χ1v) is 8.39. The maximum atomic E-state index is 12.2. The lowest BCUT2D eigenvalue weighted by molar-refractivity contribution is 0.415. The minimum Gasteiger partial charge on any atom is -0.495 e. The van der Waals surface area contributed by atoms with Crippen LogP contribution in [0.2, 0.25) is 5.02 Å². The van der Waals surface area contributed by atoms with Crippen molar-refractivity contribution in [1.82, 2.24) is 5.32 Å². The molecule has 7 heteroatoms. The quantitative estimate of drug-likeness (QED) is 0.722. The molecule has 0 aliphatic rings. The first kappa shape index (κ1) is 17.1. The summed E-state index contributed by atoms with van der Waals surface area (Å²) in [6.45, 7) is 4.91. The number of hydrogen-bond acceptors (Lipinski definition) is 4. The van der Waals surface area contributed by atoms with Gasteiger partial charge in [0.15, 0.2) is 0 Å². The number of ether oxygens (including phenoxy) is 1. The Balaban J connectivity index is 2.75. The Morgan fingerprint density at radius 3 is 2.70 bits per heavy atom. The van der Waals surface area contributed by atoms with E-state index < -0.39 is 15.3 Å². The first-order chi connectivity index (χ1) is 9.40. The molecule has 1 unspecified atom stereocenters. The predicted octanol–water partition coefficient (Wildman–Crippen LogP) is 2.48. The number of nitrogens with one attached hydrogen (secondary N) is 2. The second-order valence-electron chi connectivity index (χ2n) is 4.51. The van der Waals surface area contributed by atoms with Gasteiger partial charge in [-0.15, -0.1) is 0 Å². The van der Waals surface area contributed by atoms with E-state index in [1.807, 2.05) is 6.92 Å². The summed E-state index contributed by atoms with van der Waals surface area (Å²) in [5, 5.41) is 3.00. The molecule has 0 aliphatic heterocycles. The second-order valence-corrected chi connectivity index (χ2v) is 7.02. The van der Waals surface area contributed by atoms with Gasteiger partial charge < -0.3 is 10.1 Å². The van der Waals surface area contributed by atoms with Gasteiger partial charge in [0.25, 0.3) is 0 Å². The van der Waals surface area contributed by atoms with Crippen LogP contribution >= 0.6 is 11.6 Å². The van der Waals surface area contributed by atoms with Crippen LogP contribution in [0.3, 0.4) is 0 Å². The molecule has 0 spiro atoms. The van der Waals surface area contributed by atoms with Gasteiger partial charge >= 0.3 is 0 Å². The minimum atomic E-state index is -3.44. The maximum Gasteiger partial charge on any atom is 0.236 e. The third-order valence-corrected chi connectivity index (χ3v) is 4.86. The second kappa shape index (κ2) is 7.71. The molecule has 0 saturated carbocycles. The fourth-order valence-corrected chi connectivity index (χ4v) is 2.77. The Hall–Kier alpha value is -0.980. The van der Waals surface area contributed by atoms with E-state index in [0.717, 1.165) is 13.0 Å². The van der Waals surface area contributed by atoms with Gasteiger partial charge in [-0.05, 0) is 32.0 Å². The predicted molar refractivity (Wildman–Crippen MR) is 83.2 cm³/mol. The number of rotatable bonds is 8. The summed E-state index contributed by atoms with van der Waals surface area (Å²) in [5.74, 6) is 0.434. The van der Waals surface area contributed by atoms with E-state index in [9.17, 15) is 8.42 Å². The highest BCUT2D eigenvalue weighted by atomic mass is 35.5. The topological polar surface area (TPSA) is 67.4 Å². The maximum absolute atomic E-state index is 12.2. The van der Waals surface area contributed by atoms with Crippen LogP contribution in [0.15, 0.2) is 18.2 Å². The van der Waals surface area contributed by atoms with Crippen LogP contribution in [0.5, 0.6) is 5.75 Å². The lowest BCUT2D eigenvalue weighted by atomic mass is 10.3. The molecule has 2 N–H and O–H groups in total. The SMILES string of the molecule is CCCNCC(C)S(=O)(=O)Nc1ccc(Cl)c(OC)c1. The standard InChI is InChI=1S/C13H21ClN2O3S/c1-4-7-15-9-10(2)20(17,18)16-11-5-6-12(14)13(8-11)19-3/h5-6,8,10,15-16H,4,7,9H2,1-3H3. The zero-order chi connectivity index (χ0) is 15.2. The summed E-state index contributed by atoms with van der Waals surface area (Å²) in [5.41, 5.74) is 0.439. The summed E-state index contributed by atoms with van der Waals surface area (Å²) < 4.78 is 31.9. The van der Waals surface area contributed by atoms with Gasteiger partial charge in [0.2, 0.25) is 10.0 Å². The molecule has 1 aromatic rings. The number of anilines is 1. The van der Waals surface area contributed by atoms with Crippen LogP contribution in [0, 0.1) is 0 Å². The molecule has 0 fully saturated rings. The summed E-state index contributed by atoms with van der Waals surface area (Å²) in [7, 11) is -1.96. The molecule has 114 valence electrons. The van der Waals surface area contributed by atoms with Crippen molar-refractivity contribution in [2.75, 3.05) is 24.9 Å². The Morgan fingerprint density at radius 2 is 2.10 bits per heavy atom. The van der Waals surface area contributed by atoms with E-state index in [2.05, 4.69) is 10.0 Å². The average Bonchev–Trinajstić information content (AvgIpc) is 2.40. The van der Waals surface area contributed by atoms with Gasteiger partial charge in [-0.3, -0.25) is 4.72 Å². The van der Waals surface area contributed by atoms with E-state index in [1.165, 1.54) is 7.11 Å². The number of halogens is 1. The molecule has 0 saturated heterocycles. The fourth-order valence-electron chi connectivity index (χ4n) is 1.58. The van der Waals surface area contributed by atoms with Crippen molar-refractivity contribution in [3.8, 4) is 5.75 Å².